The minimum atomic E-state index is -1.15. The Morgan fingerprint density at radius 3 is 2.56 bits per heavy atom. The molecular formula is C16H14Br2N2O4S. The number of fused-ring (bicyclic) bond motifs is 1. The summed E-state index contributed by atoms with van der Waals surface area (Å²) in [5, 5.41) is 12.1. The van der Waals surface area contributed by atoms with E-state index < -0.39 is 23.3 Å². The number of benzene rings is 1. The van der Waals surface area contributed by atoms with Gasteiger partial charge >= 0.3 is 5.97 Å². The molecule has 2 N–H and O–H groups in total. The van der Waals surface area contributed by atoms with E-state index in [0.717, 1.165) is 5.56 Å². The van der Waals surface area contributed by atoms with Crippen molar-refractivity contribution < 1.29 is 19.5 Å². The monoisotopic (exact) mass is 488 g/mol. The first kappa shape index (κ1) is 18.5. The van der Waals surface area contributed by atoms with Crippen molar-refractivity contribution in [3.63, 3.8) is 0 Å². The van der Waals surface area contributed by atoms with Crippen LogP contribution in [0.3, 0.4) is 0 Å². The lowest BCUT2D eigenvalue weighted by atomic mass is 10.0. The van der Waals surface area contributed by atoms with Gasteiger partial charge in [-0.2, -0.15) is 0 Å². The second kappa shape index (κ2) is 7.51. The van der Waals surface area contributed by atoms with Crippen LogP contribution in [0.25, 0.3) is 0 Å². The Balaban J connectivity index is 1.73. The molecule has 0 aliphatic carbocycles. The number of amides is 2. The summed E-state index contributed by atoms with van der Waals surface area (Å²) >= 11 is 8.13. The largest absolute Gasteiger partial charge is 0.477 e. The first-order chi connectivity index (χ1) is 11.9. The van der Waals surface area contributed by atoms with Crippen molar-refractivity contribution >= 4 is 61.4 Å². The van der Waals surface area contributed by atoms with Gasteiger partial charge in [0.05, 0.1) is 10.6 Å². The molecule has 1 fully saturated rings. The number of aliphatic carboxylic acids is 1. The number of hydrogen-bond acceptors (Lipinski definition) is 4. The molecule has 1 aromatic carbocycles. The zero-order valence-corrected chi connectivity index (χ0v) is 16.8. The maximum Gasteiger partial charge on any atom is 0.352 e. The summed E-state index contributed by atoms with van der Waals surface area (Å²) in [6, 6.07) is 8.52. The van der Waals surface area contributed by atoms with Crippen molar-refractivity contribution in [1.29, 1.82) is 0 Å². The fraction of sp³-hybridized carbons (Fsp3) is 0.312. The van der Waals surface area contributed by atoms with E-state index in [4.69, 9.17) is 0 Å². The molecule has 0 bridgehead atoms. The van der Waals surface area contributed by atoms with Gasteiger partial charge in [-0.15, -0.1) is 11.8 Å². The summed E-state index contributed by atoms with van der Waals surface area (Å²) in [4.78, 5) is 37.5. The number of carboxylic acid groups (broad SMARTS) is 1. The lowest BCUT2D eigenvalue weighted by Crippen LogP contribution is -2.71. The molecule has 0 radical (unpaired) electrons. The highest BCUT2D eigenvalue weighted by Gasteiger charge is 2.55. The van der Waals surface area contributed by atoms with Crippen LogP contribution in [0.2, 0.25) is 0 Å². The molecule has 6 nitrogen and oxygen atoms in total. The molecule has 3 atom stereocenters. The molecule has 2 unspecified atom stereocenters. The Bertz CT molecular complexity index is 756. The van der Waals surface area contributed by atoms with Gasteiger partial charge in [-0.1, -0.05) is 62.2 Å². The molecule has 0 saturated carbocycles. The number of nitrogens with one attached hydrogen (secondary N) is 1. The summed E-state index contributed by atoms with van der Waals surface area (Å²) in [6.45, 7) is 0. The number of β-lactam (4-membered cyclic amide) rings is 1. The van der Waals surface area contributed by atoms with Gasteiger partial charge in [-0.25, -0.2) is 4.79 Å². The number of carboxylic acids is 1. The van der Waals surface area contributed by atoms with Crippen molar-refractivity contribution in [2.45, 2.75) is 22.0 Å². The Hall–Kier alpha value is -1.32. The zero-order valence-electron chi connectivity index (χ0n) is 12.8. The lowest BCUT2D eigenvalue weighted by molar-refractivity contribution is -0.150. The number of hydrogen-bond donors (Lipinski definition) is 2. The SMILES string of the molecule is O=C(Cc1ccccc1)NC1C(=O)N2C(C(=O)O)=C(CBr)C(Br)S[C@H]12. The van der Waals surface area contributed by atoms with Crippen molar-refractivity contribution in [2.24, 2.45) is 0 Å². The average Bonchev–Trinajstić information content (AvgIpc) is 2.59. The normalized spacial score (nSPS) is 25.3. The molecule has 1 saturated heterocycles. The molecule has 2 heterocycles. The molecular weight excluding hydrogens is 476 g/mol. The number of alkyl halides is 2. The molecule has 25 heavy (non-hydrogen) atoms. The van der Waals surface area contributed by atoms with Crippen LogP contribution < -0.4 is 5.32 Å². The number of nitrogens with zero attached hydrogens (tertiary/aromatic N) is 1. The minimum Gasteiger partial charge on any atom is -0.477 e. The van der Waals surface area contributed by atoms with Gasteiger partial charge in [-0.05, 0) is 11.1 Å². The third kappa shape index (κ3) is 3.50. The number of thioether (sulfide) groups is 1. The Morgan fingerprint density at radius 1 is 1.28 bits per heavy atom. The van der Waals surface area contributed by atoms with Crippen LogP contribution in [0.15, 0.2) is 41.6 Å². The van der Waals surface area contributed by atoms with E-state index in [2.05, 4.69) is 37.2 Å². The Kier molecular flexibility index (Phi) is 5.55. The van der Waals surface area contributed by atoms with Gasteiger partial charge in [0.15, 0.2) is 0 Å². The molecule has 9 heteroatoms. The lowest BCUT2D eigenvalue weighted by Gasteiger charge is -2.50. The van der Waals surface area contributed by atoms with Crippen LogP contribution in [0.4, 0.5) is 0 Å². The molecule has 2 amide bonds. The maximum absolute atomic E-state index is 12.4. The van der Waals surface area contributed by atoms with Crippen LogP contribution in [0, 0.1) is 0 Å². The van der Waals surface area contributed by atoms with Gasteiger partial charge < -0.3 is 10.4 Å². The molecule has 0 aromatic heterocycles. The van der Waals surface area contributed by atoms with E-state index in [1.165, 1.54) is 16.7 Å². The van der Waals surface area contributed by atoms with E-state index in [-0.39, 0.29) is 22.2 Å². The van der Waals surface area contributed by atoms with Gasteiger partial charge in [0.2, 0.25) is 5.91 Å². The predicted octanol–water partition coefficient (Wildman–Crippen LogP) is 2.08. The van der Waals surface area contributed by atoms with Crippen molar-refractivity contribution in [2.75, 3.05) is 5.33 Å². The highest BCUT2D eigenvalue weighted by molar-refractivity contribution is 9.11. The van der Waals surface area contributed by atoms with E-state index in [0.29, 0.717) is 10.9 Å². The van der Waals surface area contributed by atoms with Gasteiger partial charge in [0.1, 0.15) is 17.1 Å². The van der Waals surface area contributed by atoms with Crippen LogP contribution in [-0.4, -0.2) is 48.7 Å². The van der Waals surface area contributed by atoms with Crippen LogP contribution in [-0.2, 0) is 20.8 Å². The first-order valence-corrected chi connectivity index (χ1v) is 10.4. The number of rotatable bonds is 5. The maximum atomic E-state index is 12.4. The summed E-state index contributed by atoms with van der Waals surface area (Å²) in [6.07, 6.45) is 0.175. The smallest absolute Gasteiger partial charge is 0.352 e. The first-order valence-electron chi connectivity index (χ1n) is 7.42. The average molecular weight is 490 g/mol. The zero-order chi connectivity index (χ0) is 18.1. The standard InChI is InChI=1S/C16H14Br2N2O4S/c17-7-9-12(16(23)24)20-14(22)11(15(20)25-13(9)18)19-10(21)6-8-4-2-1-3-5-8/h1-5,11,13,15H,6-7H2,(H,19,21)(H,23,24)/t11?,13?,15-/m1/s1. The third-order valence-electron chi connectivity index (χ3n) is 3.99. The molecule has 2 aliphatic rings. The second-order valence-corrected chi connectivity index (χ2v) is 8.88. The van der Waals surface area contributed by atoms with Crippen molar-refractivity contribution in [3.8, 4) is 0 Å². The van der Waals surface area contributed by atoms with Crippen LogP contribution >= 0.6 is 43.6 Å². The number of halogens is 2. The number of carbonyl (C=O) groups excluding carboxylic acids is 2. The molecule has 3 rings (SSSR count). The fourth-order valence-corrected chi connectivity index (χ4v) is 6.37. The second-order valence-electron chi connectivity index (χ2n) is 5.57. The van der Waals surface area contributed by atoms with Crippen LogP contribution in [0.5, 0.6) is 0 Å². The van der Waals surface area contributed by atoms with E-state index in [1.54, 1.807) is 0 Å². The molecule has 132 valence electrons. The summed E-state index contributed by atoms with van der Waals surface area (Å²) in [5.74, 6) is -1.80. The quantitative estimate of drug-likeness (QED) is 0.488. The summed E-state index contributed by atoms with van der Waals surface area (Å²) < 4.78 is -0.235. The van der Waals surface area contributed by atoms with Crippen molar-refractivity contribution in [1.82, 2.24) is 10.2 Å². The fourth-order valence-electron chi connectivity index (χ4n) is 2.81. The molecule has 0 spiro atoms. The Labute approximate surface area is 165 Å². The minimum absolute atomic E-state index is 0.0129. The van der Waals surface area contributed by atoms with E-state index in [1.807, 2.05) is 30.3 Å². The molecule has 1 aromatic rings. The third-order valence-corrected chi connectivity index (χ3v) is 7.08. The summed E-state index contributed by atoms with van der Waals surface area (Å²) in [5.41, 5.74) is 1.43. The molecule has 2 aliphatic heterocycles. The topological polar surface area (TPSA) is 86.7 Å². The summed E-state index contributed by atoms with van der Waals surface area (Å²) in [7, 11) is 0. The van der Waals surface area contributed by atoms with E-state index in [9.17, 15) is 19.5 Å². The highest BCUT2D eigenvalue weighted by Crippen LogP contribution is 2.46. The van der Waals surface area contributed by atoms with Crippen LogP contribution in [0.1, 0.15) is 5.56 Å². The van der Waals surface area contributed by atoms with E-state index >= 15 is 0 Å². The van der Waals surface area contributed by atoms with Gasteiger partial charge in [-0.3, -0.25) is 14.5 Å². The number of carbonyl (C=O) groups is 3. The predicted molar refractivity (Wildman–Crippen MR) is 101 cm³/mol. The Morgan fingerprint density at radius 2 is 1.96 bits per heavy atom. The van der Waals surface area contributed by atoms with Gasteiger partial charge in [0.25, 0.3) is 5.91 Å². The highest BCUT2D eigenvalue weighted by atomic mass is 79.9. The van der Waals surface area contributed by atoms with Crippen molar-refractivity contribution in [3.05, 3.63) is 47.2 Å². The van der Waals surface area contributed by atoms with Gasteiger partial charge in [0, 0.05) is 5.33 Å².